The molecular weight excluding hydrogens is 496 g/mol. The monoisotopic (exact) mass is 528 g/mol. The number of hydrogen-bond acceptors (Lipinski definition) is 8. The Morgan fingerprint density at radius 1 is 1.11 bits per heavy atom. The fourth-order valence-corrected chi connectivity index (χ4v) is 6.16. The Morgan fingerprint density at radius 3 is 2.33 bits per heavy atom. The average molecular weight is 529 g/mol. The third-order valence-electron chi connectivity index (χ3n) is 6.54. The molecule has 1 saturated carbocycles. The number of benzene rings is 1. The zero-order valence-corrected chi connectivity index (χ0v) is 22.6. The first-order valence-corrected chi connectivity index (χ1v) is 13.4. The van der Waals surface area contributed by atoms with Gasteiger partial charge in [0, 0.05) is 21.9 Å². The number of ketones is 1. The molecule has 0 bridgehead atoms. The molecule has 1 aliphatic carbocycles. The number of carboxylic acids is 1. The molecule has 1 amide bonds. The molecule has 36 heavy (non-hydrogen) atoms. The van der Waals surface area contributed by atoms with Crippen LogP contribution in [-0.2, 0) is 4.79 Å². The Balaban J connectivity index is 0.00000361. The maximum absolute atomic E-state index is 13.5. The number of carboxylic acid groups (broad SMARTS) is 1. The fourth-order valence-electron chi connectivity index (χ4n) is 4.60. The van der Waals surface area contributed by atoms with Gasteiger partial charge in [-0.1, -0.05) is 31.9 Å². The first kappa shape index (κ1) is 27.7. The third-order valence-corrected chi connectivity index (χ3v) is 8.30. The largest absolute Gasteiger partial charge is 0.544 e. The molecule has 1 unspecified atom stereocenters. The van der Waals surface area contributed by atoms with Crippen LogP contribution in [0.5, 0.6) is 0 Å². The van der Waals surface area contributed by atoms with Gasteiger partial charge < -0.3 is 21.4 Å². The second-order valence-electron chi connectivity index (χ2n) is 9.31. The summed E-state index contributed by atoms with van der Waals surface area (Å²) in [4.78, 5) is 44.4. The van der Waals surface area contributed by atoms with Crippen LogP contribution in [0.2, 0.25) is 0 Å². The summed E-state index contributed by atoms with van der Waals surface area (Å²) in [5.74, 6) is -0.926. The van der Waals surface area contributed by atoms with E-state index in [1.54, 1.807) is 34.0 Å². The van der Waals surface area contributed by atoms with Crippen LogP contribution in [0.25, 0.3) is 10.4 Å². The number of thiophene rings is 1. The molecule has 1 fully saturated rings. The van der Waals surface area contributed by atoms with Crippen molar-refractivity contribution in [2.24, 2.45) is 11.8 Å². The summed E-state index contributed by atoms with van der Waals surface area (Å²) in [5, 5.41) is 16.5. The topological polar surface area (TPSA) is 139 Å². The molecule has 3 aromatic rings. The number of likely N-dealkylation sites (N-methyl/N-ethyl adjacent to an activating group) is 1. The highest BCUT2D eigenvalue weighted by atomic mass is 32.1. The molecule has 1 aromatic carbocycles. The number of thiazole rings is 1. The predicted octanol–water partition coefficient (Wildman–Crippen LogP) is 4.86. The zero-order valence-electron chi connectivity index (χ0n) is 20.9. The molecule has 0 aliphatic heterocycles. The minimum atomic E-state index is -1.28. The minimum absolute atomic E-state index is 0. The van der Waals surface area contributed by atoms with Gasteiger partial charge in [0.2, 0.25) is 0 Å². The number of amides is 1. The third kappa shape index (κ3) is 6.07. The normalized spacial score (nSPS) is 18.3. The molecule has 4 rings (SSSR count). The lowest BCUT2D eigenvalue weighted by Crippen LogP contribution is -2.35. The molecule has 5 N–H and O–H groups in total. The van der Waals surface area contributed by atoms with Gasteiger partial charge in [-0.15, -0.1) is 22.7 Å². The van der Waals surface area contributed by atoms with Crippen LogP contribution >= 0.6 is 22.7 Å². The van der Waals surface area contributed by atoms with Gasteiger partial charge in [0.15, 0.2) is 5.78 Å². The van der Waals surface area contributed by atoms with E-state index in [1.165, 1.54) is 11.3 Å². The zero-order chi connectivity index (χ0) is 25.1. The van der Waals surface area contributed by atoms with Crippen LogP contribution in [0.3, 0.4) is 0 Å². The number of quaternary nitrogens is 1. The SMILES string of the molecule is CC1CCC(C(=O)C(c2cc(-c3ccc(NC(=O)c4cscn4)cc3)sc2C(=O)[O-])N(C)C)CC1.[NH4+]. The lowest BCUT2D eigenvalue weighted by molar-refractivity contribution is -0.254. The lowest BCUT2D eigenvalue weighted by atomic mass is 9.78. The number of carbonyl (C=O) groups is 3. The maximum atomic E-state index is 13.5. The maximum Gasteiger partial charge on any atom is 0.275 e. The number of Topliss-reactive ketones (excluding diaryl/α,β-unsaturated/α-hetero) is 1. The Kier molecular flexibility index (Phi) is 9.13. The van der Waals surface area contributed by atoms with Crippen molar-refractivity contribution < 1.29 is 19.5 Å². The first-order valence-electron chi connectivity index (χ1n) is 11.6. The first-order chi connectivity index (χ1) is 16.7. The molecule has 0 saturated heterocycles. The quantitative estimate of drug-likeness (QED) is 0.428. The molecule has 1 atom stereocenters. The molecule has 8 nitrogen and oxygen atoms in total. The number of aromatic nitrogens is 1. The van der Waals surface area contributed by atoms with Crippen molar-refractivity contribution in [2.45, 2.75) is 38.6 Å². The predicted molar refractivity (Wildman–Crippen MR) is 143 cm³/mol. The van der Waals surface area contributed by atoms with E-state index >= 15 is 0 Å². The standard InChI is InChI=1S/C26H29N3O4S2.H3N/c1-15-4-6-17(7-5-15)23(30)22(29(2)3)19-12-21(35-24(19)26(32)33)16-8-10-18(11-9-16)28-25(31)20-13-34-14-27-20;/h8-15,17,22H,4-7H2,1-3H3,(H,28,31)(H,32,33);1H3. The van der Waals surface area contributed by atoms with Crippen LogP contribution in [-0.4, -0.2) is 41.6 Å². The van der Waals surface area contributed by atoms with Gasteiger partial charge in [-0.25, -0.2) is 4.98 Å². The minimum Gasteiger partial charge on any atom is -0.544 e. The molecule has 10 heteroatoms. The Labute approximate surface area is 219 Å². The van der Waals surface area contributed by atoms with E-state index in [0.29, 0.717) is 22.9 Å². The van der Waals surface area contributed by atoms with E-state index < -0.39 is 12.0 Å². The van der Waals surface area contributed by atoms with Crippen molar-refractivity contribution in [1.82, 2.24) is 16.0 Å². The van der Waals surface area contributed by atoms with Gasteiger partial charge in [0.05, 0.1) is 22.4 Å². The van der Waals surface area contributed by atoms with Crippen LogP contribution < -0.4 is 16.6 Å². The molecule has 0 spiro atoms. The van der Waals surface area contributed by atoms with Crippen LogP contribution in [0.4, 0.5) is 5.69 Å². The van der Waals surface area contributed by atoms with E-state index in [9.17, 15) is 19.5 Å². The van der Waals surface area contributed by atoms with Gasteiger partial charge in [-0.05, 0) is 62.2 Å². The van der Waals surface area contributed by atoms with Gasteiger partial charge >= 0.3 is 0 Å². The number of aromatic carboxylic acids is 1. The summed E-state index contributed by atoms with van der Waals surface area (Å²) in [7, 11) is 3.62. The van der Waals surface area contributed by atoms with Gasteiger partial charge in [-0.2, -0.15) is 0 Å². The van der Waals surface area contributed by atoms with Gasteiger partial charge in [0.1, 0.15) is 5.69 Å². The molecule has 0 radical (unpaired) electrons. The van der Waals surface area contributed by atoms with E-state index in [-0.39, 0.29) is 28.6 Å². The van der Waals surface area contributed by atoms with Gasteiger partial charge in [0.25, 0.3) is 5.91 Å². The van der Waals surface area contributed by atoms with E-state index in [1.807, 2.05) is 26.2 Å². The van der Waals surface area contributed by atoms with Crippen molar-refractivity contribution >= 4 is 46.0 Å². The summed E-state index contributed by atoms with van der Waals surface area (Å²) in [6, 6.07) is 8.32. The fraction of sp³-hybridized carbons (Fsp3) is 0.385. The molecular formula is C26H32N4O4S2. The summed E-state index contributed by atoms with van der Waals surface area (Å²) in [5.41, 5.74) is 3.84. The van der Waals surface area contributed by atoms with E-state index in [2.05, 4.69) is 17.2 Å². The van der Waals surface area contributed by atoms with Crippen molar-refractivity contribution in [2.75, 3.05) is 19.4 Å². The summed E-state index contributed by atoms with van der Waals surface area (Å²) in [6.07, 6.45) is 3.72. The van der Waals surface area contributed by atoms with Crippen LogP contribution in [0.1, 0.15) is 64.4 Å². The highest BCUT2D eigenvalue weighted by Gasteiger charge is 2.34. The number of nitrogens with one attached hydrogen (secondary N) is 1. The number of hydrogen-bond donors (Lipinski definition) is 2. The molecule has 2 aromatic heterocycles. The Morgan fingerprint density at radius 2 is 1.78 bits per heavy atom. The number of rotatable bonds is 8. The molecule has 2 heterocycles. The average Bonchev–Trinajstić information content (AvgIpc) is 3.51. The van der Waals surface area contributed by atoms with Crippen LogP contribution in [0.15, 0.2) is 41.2 Å². The lowest BCUT2D eigenvalue weighted by Gasteiger charge is -2.31. The second-order valence-corrected chi connectivity index (χ2v) is 11.1. The van der Waals surface area contributed by atoms with E-state index in [4.69, 9.17) is 0 Å². The number of carbonyl (C=O) groups excluding carboxylic acids is 3. The summed E-state index contributed by atoms with van der Waals surface area (Å²) >= 11 is 2.46. The highest BCUT2D eigenvalue weighted by Crippen LogP contribution is 2.39. The highest BCUT2D eigenvalue weighted by molar-refractivity contribution is 7.17. The van der Waals surface area contributed by atoms with Crippen molar-refractivity contribution in [3.05, 3.63) is 57.4 Å². The van der Waals surface area contributed by atoms with Crippen molar-refractivity contribution in [3.8, 4) is 10.4 Å². The summed E-state index contributed by atoms with van der Waals surface area (Å²) in [6.45, 7) is 2.21. The number of anilines is 1. The van der Waals surface area contributed by atoms with Crippen molar-refractivity contribution in [3.63, 3.8) is 0 Å². The van der Waals surface area contributed by atoms with Crippen molar-refractivity contribution in [1.29, 1.82) is 0 Å². The second kappa shape index (κ2) is 11.9. The van der Waals surface area contributed by atoms with E-state index in [0.717, 1.165) is 47.5 Å². The van der Waals surface area contributed by atoms with Crippen LogP contribution in [0, 0.1) is 11.8 Å². The molecule has 1 aliphatic rings. The Bertz CT molecular complexity index is 1200. The summed E-state index contributed by atoms with van der Waals surface area (Å²) < 4.78 is 0. The Hall–Kier alpha value is -2.92. The smallest absolute Gasteiger partial charge is 0.275 e. The van der Waals surface area contributed by atoms with Gasteiger partial charge in [-0.3, -0.25) is 14.5 Å². The molecule has 192 valence electrons. The number of nitrogens with zero attached hydrogens (tertiary/aromatic N) is 2.